The summed E-state index contributed by atoms with van der Waals surface area (Å²) in [6, 6.07) is 7.53. The van der Waals surface area contributed by atoms with Crippen LogP contribution in [0.2, 0.25) is 5.02 Å². The van der Waals surface area contributed by atoms with Gasteiger partial charge in [0.1, 0.15) is 0 Å². The molecule has 2 aromatic rings. The molecule has 1 aromatic carbocycles. The fourth-order valence-electron chi connectivity index (χ4n) is 3.04. The fraction of sp³-hybridized carbons (Fsp3) is 0.529. The zero-order valence-corrected chi connectivity index (χ0v) is 15.9. The number of benzene rings is 1. The van der Waals surface area contributed by atoms with Gasteiger partial charge in [0.15, 0.2) is 0 Å². The molecule has 1 amide bonds. The molecule has 1 aliphatic rings. The molecule has 6 nitrogen and oxygen atoms in total. The number of tetrazole rings is 1. The third kappa shape index (κ3) is 4.52. The van der Waals surface area contributed by atoms with Gasteiger partial charge < -0.3 is 5.32 Å². The van der Waals surface area contributed by atoms with Crippen LogP contribution < -0.4 is 5.32 Å². The van der Waals surface area contributed by atoms with Gasteiger partial charge in [-0.2, -0.15) is 4.68 Å². The van der Waals surface area contributed by atoms with E-state index in [0.29, 0.717) is 16.1 Å². The first-order chi connectivity index (χ1) is 12.0. The van der Waals surface area contributed by atoms with Crippen molar-refractivity contribution in [1.29, 1.82) is 0 Å². The molecule has 0 bridgehead atoms. The summed E-state index contributed by atoms with van der Waals surface area (Å²) >= 11 is 7.28. The number of amides is 1. The molecule has 1 saturated carbocycles. The zero-order chi connectivity index (χ0) is 17.8. The average Bonchev–Trinajstić information content (AvgIpc) is 3.05. The lowest BCUT2D eigenvalue weighted by atomic mass is 9.86. The van der Waals surface area contributed by atoms with Gasteiger partial charge in [0.2, 0.25) is 11.1 Å². The zero-order valence-electron chi connectivity index (χ0n) is 14.4. The van der Waals surface area contributed by atoms with Gasteiger partial charge in [-0.15, -0.1) is 5.10 Å². The van der Waals surface area contributed by atoms with E-state index in [1.165, 1.54) is 31.0 Å². The maximum Gasteiger partial charge on any atom is 0.233 e. The van der Waals surface area contributed by atoms with Crippen LogP contribution >= 0.6 is 23.4 Å². The van der Waals surface area contributed by atoms with Crippen LogP contribution in [0.3, 0.4) is 0 Å². The van der Waals surface area contributed by atoms with Crippen LogP contribution in [0.1, 0.15) is 39.5 Å². The van der Waals surface area contributed by atoms with E-state index >= 15 is 0 Å². The number of rotatable bonds is 5. The second-order valence-corrected chi connectivity index (χ2v) is 8.23. The Hall–Kier alpha value is -1.60. The van der Waals surface area contributed by atoms with Gasteiger partial charge in [0.05, 0.1) is 10.9 Å². The number of carbonyl (C=O) groups is 1. The van der Waals surface area contributed by atoms with Crippen molar-refractivity contribution in [2.24, 2.45) is 5.92 Å². The number of thioether (sulfide) groups is 1. The molecule has 0 radical (unpaired) electrons. The molecular formula is C17H22ClN5OS. The van der Waals surface area contributed by atoms with Crippen LogP contribution in [0.4, 0.5) is 0 Å². The fourth-order valence-corrected chi connectivity index (χ4v) is 3.98. The standard InChI is InChI=1S/C17H22ClN5OS/c1-11-5-3-4-6-15(11)19-16(24)12(2)25-17-20-21-22-23(17)14-9-7-13(18)8-10-14/h7-12,15H,3-6H2,1-2H3,(H,19,24)/t11-,12+,15-/m0/s1. The van der Waals surface area contributed by atoms with Crippen molar-refractivity contribution in [3.05, 3.63) is 29.3 Å². The molecule has 3 atom stereocenters. The summed E-state index contributed by atoms with van der Waals surface area (Å²) in [5.41, 5.74) is 0.811. The van der Waals surface area contributed by atoms with E-state index in [-0.39, 0.29) is 17.2 Å². The number of aromatic nitrogens is 4. The van der Waals surface area contributed by atoms with Gasteiger partial charge in [-0.1, -0.05) is 43.1 Å². The number of nitrogens with zero attached hydrogens (tertiary/aromatic N) is 4. The normalized spacial score (nSPS) is 21.7. The largest absolute Gasteiger partial charge is 0.352 e. The maximum absolute atomic E-state index is 12.5. The number of hydrogen-bond acceptors (Lipinski definition) is 5. The van der Waals surface area contributed by atoms with Crippen LogP contribution in [0, 0.1) is 5.92 Å². The average molecular weight is 380 g/mol. The number of halogens is 1. The molecule has 1 heterocycles. The SMILES string of the molecule is C[C@@H](Sc1nnnn1-c1ccc(Cl)cc1)C(=O)N[C@H]1CCCC[C@@H]1C. The monoisotopic (exact) mass is 379 g/mol. The molecule has 25 heavy (non-hydrogen) atoms. The Kier molecular flexibility index (Phi) is 5.96. The van der Waals surface area contributed by atoms with E-state index in [9.17, 15) is 4.79 Å². The molecule has 3 rings (SSSR count). The summed E-state index contributed by atoms with van der Waals surface area (Å²) in [5, 5.41) is 16.0. The predicted molar refractivity (Wildman–Crippen MR) is 99.0 cm³/mol. The molecule has 1 aliphatic carbocycles. The molecule has 0 unspecified atom stereocenters. The lowest BCUT2D eigenvalue weighted by molar-refractivity contribution is -0.121. The quantitative estimate of drug-likeness (QED) is 0.805. The molecule has 1 fully saturated rings. The third-order valence-electron chi connectivity index (χ3n) is 4.60. The van der Waals surface area contributed by atoms with Crippen LogP contribution in [-0.4, -0.2) is 37.4 Å². The maximum atomic E-state index is 12.5. The number of nitrogens with one attached hydrogen (secondary N) is 1. The van der Waals surface area contributed by atoms with E-state index in [0.717, 1.165) is 12.1 Å². The Labute approximate surface area is 156 Å². The van der Waals surface area contributed by atoms with Crippen LogP contribution in [0.5, 0.6) is 0 Å². The summed E-state index contributed by atoms with van der Waals surface area (Å²) in [4.78, 5) is 12.5. The van der Waals surface area contributed by atoms with Gasteiger partial charge in [-0.3, -0.25) is 4.79 Å². The first-order valence-electron chi connectivity index (χ1n) is 8.56. The van der Waals surface area contributed by atoms with Crippen LogP contribution in [0.15, 0.2) is 29.4 Å². The highest BCUT2D eigenvalue weighted by atomic mass is 35.5. The molecule has 1 aromatic heterocycles. The molecule has 0 saturated heterocycles. The summed E-state index contributed by atoms with van der Waals surface area (Å²) in [6.45, 7) is 4.09. The highest BCUT2D eigenvalue weighted by Crippen LogP contribution is 2.26. The van der Waals surface area contributed by atoms with Gasteiger partial charge >= 0.3 is 0 Å². The Morgan fingerprint density at radius 3 is 2.76 bits per heavy atom. The minimum Gasteiger partial charge on any atom is -0.352 e. The van der Waals surface area contributed by atoms with Crippen molar-refractivity contribution in [2.75, 3.05) is 0 Å². The van der Waals surface area contributed by atoms with E-state index in [4.69, 9.17) is 11.6 Å². The second kappa shape index (κ2) is 8.19. The van der Waals surface area contributed by atoms with Crippen molar-refractivity contribution in [1.82, 2.24) is 25.5 Å². The van der Waals surface area contributed by atoms with Gasteiger partial charge in [-0.25, -0.2) is 0 Å². The molecular weight excluding hydrogens is 358 g/mol. The van der Waals surface area contributed by atoms with Crippen molar-refractivity contribution >= 4 is 29.3 Å². The van der Waals surface area contributed by atoms with E-state index in [2.05, 4.69) is 27.8 Å². The first kappa shape index (κ1) is 18.2. The molecule has 8 heteroatoms. The van der Waals surface area contributed by atoms with Crippen molar-refractivity contribution < 1.29 is 4.79 Å². The predicted octanol–water partition coefficient (Wildman–Crippen LogP) is 3.49. The Morgan fingerprint density at radius 2 is 2.04 bits per heavy atom. The van der Waals surface area contributed by atoms with Gasteiger partial charge in [0.25, 0.3) is 0 Å². The lowest BCUT2D eigenvalue weighted by Gasteiger charge is -2.30. The molecule has 1 N–H and O–H groups in total. The highest BCUT2D eigenvalue weighted by molar-refractivity contribution is 8.00. The van der Waals surface area contributed by atoms with Crippen LogP contribution in [0.25, 0.3) is 5.69 Å². The third-order valence-corrected chi connectivity index (χ3v) is 5.89. The van der Waals surface area contributed by atoms with E-state index in [1.807, 2.05) is 19.1 Å². The smallest absolute Gasteiger partial charge is 0.233 e. The minimum atomic E-state index is -0.272. The molecule has 0 spiro atoms. The lowest BCUT2D eigenvalue weighted by Crippen LogP contribution is -2.44. The summed E-state index contributed by atoms with van der Waals surface area (Å²) in [5.74, 6) is 0.573. The van der Waals surface area contributed by atoms with Gasteiger partial charge in [-0.05, 0) is 60.4 Å². The molecule has 134 valence electrons. The second-order valence-electron chi connectivity index (χ2n) is 6.49. The summed E-state index contributed by atoms with van der Waals surface area (Å²) < 4.78 is 1.62. The Morgan fingerprint density at radius 1 is 1.32 bits per heavy atom. The highest BCUT2D eigenvalue weighted by Gasteiger charge is 2.26. The van der Waals surface area contributed by atoms with Crippen molar-refractivity contribution in [2.45, 2.75) is 56.0 Å². The number of carbonyl (C=O) groups excluding carboxylic acids is 1. The summed E-state index contributed by atoms with van der Waals surface area (Å²) in [7, 11) is 0. The molecule has 0 aliphatic heterocycles. The topological polar surface area (TPSA) is 72.7 Å². The minimum absolute atomic E-state index is 0.0365. The van der Waals surface area contributed by atoms with Gasteiger partial charge in [0, 0.05) is 11.1 Å². The first-order valence-corrected chi connectivity index (χ1v) is 9.81. The van der Waals surface area contributed by atoms with E-state index in [1.54, 1.807) is 16.8 Å². The Bertz CT molecular complexity index is 720. The Balaban J connectivity index is 1.65. The van der Waals surface area contributed by atoms with Crippen LogP contribution in [-0.2, 0) is 4.79 Å². The number of hydrogen-bond donors (Lipinski definition) is 1. The van der Waals surface area contributed by atoms with Crippen molar-refractivity contribution in [3.63, 3.8) is 0 Å². The van der Waals surface area contributed by atoms with Crippen molar-refractivity contribution in [3.8, 4) is 5.69 Å². The van der Waals surface area contributed by atoms with E-state index < -0.39 is 0 Å². The summed E-state index contributed by atoms with van der Waals surface area (Å²) in [6.07, 6.45) is 4.69.